The summed E-state index contributed by atoms with van der Waals surface area (Å²) in [6, 6.07) is 0.387. The highest BCUT2D eigenvalue weighted by Crippen LogP contribution is 2.16. The van der Waals surface area contributed by atoms with Gasteiger partial charge in [0.2, 0.25) is 0 Å². The van der Waals surface area contributed by atoms with Gasteiger partial charge in [-0.1, -0.05) is 0 Å². The van der Waals surface area contributed by atoms with Crippen LogP contribution in [-0.4, -0.2) is 32.2 Å². The van der Waals surface area contributed by atoms with E-state index in [-0.39, 0.29) is 0 Å². The average molecular weight is 238 g/mol. The lowest BCUT2D eigenvalue weighted by molar-refractivity contribution is 0.374. The molecule has 5 heteroatoms. The molecule has 4 nitrogen and oxygen atoms in total. The van der Waals surface area contributed by atoms with Gasteiger partial charge in [-0.25, -0.2) is 4.98 Å². The van der Waals surface area contributed by atoms with E-state index in [1.165, 1.54) is 5.69 Å². The fraction of sp³-hybridized carbons (Fsp3) is 0.636. The van der Waals surface area contributed by atoms with Crippen LogP contribution in [0.3, 0.4) is 0 Å². The minimum atomic E-state index is 0.387. The van der Waals surface area contributed by atoms with Crippen molar-refractivity contribution in [2.75, 3.05) is 6.54 Å². The highest BCUT2D eigenvalue weighted by Gasteiger charge is 2.21. The van der Waals surface area contributed by atoms with E-state index in [4.69, 9.17) is 12.2 Å². The number of hydrogen-bond acceptors (Lipinski definition) is 2. The number of hydrogen-bond donors (Lipinski definition) is 1. The SMILES string of the molecule is CC(C)NC(=S)N1CCc2c(ncn2C)C1. The molecule has 0 spiro atoms. The van der Waals surface area contributed by atoms with Crippen molar-refractivity contribution in [2.45, 2.75) is 32.9 Å². The Morgan fingerprint density at radius 3 is 3.00 bits per heavy atom. The Morgan fingerprint density at radius 2 is 2.31 bits per heavy atom. The van der Waals surface area contributed by atoms with Crippen molar-refractivity contribution in [3.63, 3.8) is 0 Å². The molecule has 2 rings (SSSR count). The number of imidazole rings is 1. The quantitative estimate of drug-likeness (QED) is 0.742. The van der Waals surface area contributed by atoms with E-state index in [0.29, 0.717) is 6.04 Å². The molecular weight excluding hydrogens is 220 g/mol. The zero-order valence-electron chi connectivity index (χ0n) is 10.0. The Bertz CT molecular complexity index is 397. The molecule has 0 amide bonds. The smallest absolute Gasteiger partial charge is 0.169 e. The largest absolute Gasteiger partial charge is 0.360 e. The lowest BCUT2D eigenvalue weighted by Gasteiger charge is -2.30. The van der Waals surface area contributed by atoms with Crippen LogP contribution in [0.25, 0.3) is 0 Å². The molecule has 0 aliphatic carbocycles. The lowest BCUT2D eigenvalue weighted by atomic mass is 10.1. The highest BCUT2D eigenvalue weighted by atomic mass is 32.1. The molecule has 0 radical (unpaired) electrons. The van der Waals surface area contributed by atoms with Gasteiger partial charge in [-0.15, -0.1) is 0 Å². The van der Waals surface area contributed by atoms with Crippen LogP contribution in [0, 0.1) is 0 Å². The van der Waals surface area contributed by atoms with Crippen LogP contribution in [0.4, 0.5) is 0 Å². The number of aryl methyl sites for hydroxylation is 1. The van der Waals surface area contributed by atoms with Gasteiger partial charge < -0.3 is 14.8 Å². The molecule has 2 heterocycles. The minimum absolute atomic E-state index is 0.387. The van der Waals surface area contributed by atoms with Gasteiger partial charge in [-0.05, 0) is 26.1 Å². The summed E-state index contributed by atoms with van der Waals surface area (Å²) < 4.78 is 2.10. The number of rotatable bonds is 1. The third-order valence-corrected chi connectivity index (χ3v) is 3.18. The molecule has 1 aliphatic heterocycles. The maximum atomic E-state index is 5.37. The molecule has 1 aromatic rings. The normalized spacial score (nSPS) is 15.1. The summed E-state index contributed by atoms with van der Waals surface area (Å²) in [6.45, 7) is 6.00. The number of thiocarbonyl (C=S) groups is 1. The van der Waals surface area contributed by atoms with E-state index in [1.54, 1.807) is 0 Å². The predicted octanol–water partition coefficient (Wildman–Crippen LogP) is 1.06. The van der Waals surface area contributed by atoms with Crippen molar-refractivity contribution < 1.29 is 0 Å². The standard InChI is InChI=1S/C11H18N4S/c1-8(2)13-11(16)15-5-4-10-9(6-15)12-7-14(10)3/h7-8H,4-6H2,1-3H3,(H,13,16). The van der Waals surface area contributed by atoms with E-state index in [1.807, 2.05) is 13.4 Å². The van der Waals surface area contributed by atoms with Gasteiger partial charge in [0.25, 0.3) is 0 Å². The maximum absolute atomic E-state index is 5.37. The summed E-state index contributed by atoms with van der Waals surface area (Å²) in [5, 5.41) is 4.11. The highest BCUT2D eigenvalue weighted by molar-refractivity contribution is 7.80. The Hall–Kier alpha value is -1.10. The summed E-state index contributed by atoms with van der Waals surface area (Å²) in [7, 11) is 2.05. The fourth-order valence-corrected chi connectivity index (χ4v) is 2.36. The van der Waals surface area contributed by atoms with Gasteiger partial charge in [0.1, 0.15) is 0 Å². The summed E-state index contributed by atoms with van der Waals surface area (Å²) in [4.78, 5) is 6.59. The Kier molecular flexibility index (Phi) is 3.14. The third kappa shape index (κ3) is 2.19. The van der Waals surface area contributed by atoms with E-state index in [2.05, 4.69) is 33.6 Å². The van der Waals surface area contributed by atoms with Crippen LogP contribution in [0.5, 0.6) is 0 Å². The van der Waals surface area contributed by atoms with Crippen LogP contribution in [-0.2, 0) is 20.0 Å². The van der Waals surface area contributed by atoms with Crippen LogP contribution in [0.2, 0.25) is 0 Å². The molecule has 0 fully saturated rings. The first-order valence-corrected chi connectivity index (χ1v) is 6.03. The molecular formula is C11H18N4S. The zero-order valence-corrected chi connectivity index (χ0v) is 10.8. The number of nitrogens with zero attached hydrogens (tertiary/aromatic N) is 3. The Labute approximate surface area is 102 Å². The van der Waals surface area contributed by atoms with Crippen molar-refractivity contribution in [1.82, 2.24) is 19.8 Å². The van der Waals surface area contributed by atoms with Crippen LogP contribution < -0.4 is 5.32 Å². The summed E-state index contributed by atoms with van der Waals surface area (Å²) >= 11 is 5.37. The molecule has 0 bridgehead atoms. The molecule has 16 heavy (non-hydrogen) atoms. The Morgan fingerprint density at radius 1 is 1.56 bits per heavy atom. The molecule has 1 N–H and O–H groups in total. The second-order valence-corrected chi connectivity index (χ2v) is 4.91. The van der Waals surface area contributed by atoms with E-state index in [9.17, 15) is 0 Å². The Balaban J connectivity index is 2.05. The van der Waals surface area contributed by atoms with Crippen LogP contribution in [0.15, 0.2) is 6.33 Å². The average Bonchev–Trinajstić information content (AvgIpc) is 2.59. The molecule has 0 saturated carbocycles. The van der Waals surface area contributed by atoms with Gasteiger partial charge in [0, 0.05) is 31.7 Å². The number of nitrogens with one attached hydrogen (secondary N) is 1. The first-order valence-electron chi connectivity index (χ1n) is 5.62. The lowest BCUT2D eigenvalue weighted by Crippen LogP contribution is -2.45. The molecule has 1 aliphatic rings. The number of fused-ring (bicyclic) bond motifs is 1. The topological polar surface area (TPSA) is 33.1 Å². The molecule has 0 aromatic carbocycles. The second kappa shape index (κ2) is 4.41. The van der Waals surface area contributed by atoms with Crippen molar-refractivity contribution in [3.05, 3.63) is 17.7 Å². The van der Waals surface area contributed by atoms with Crippen molar-refractivity contribution in [3.8, 4) is 0 Å². The predicted molar refractivity (Wildman–Crippen MR) is 68.2 cm³/mol. The van der Waals surface area contributed by atoms with Crippen molar-refractivity contribution in [2.24, 2.45) is 7.05 Å². The number of aromatic nitrogens is 2. The van der Waals surface area contributed by atoms with Gasteiger partial charge in [-0.2, -0.15) is 0 Å². The van der Waals surface area contributed by atoms with Gasteiger partial charge in [-0.3, -0.25) is 0 Å². The van der Waals surface area contributed by atoms with Gasteiger partial charge >= 0.3 is 0 Å². The zero-order chi connectivity index (χ0) is 11.7. The van der Waals surface area contributed by atoms with Gasteiger partial charge in [0.05, 0.1) is 18.6 Å². The molecule has 1 aromatic heterocycles. The summed E-state index contributed by atoms with van der Waals surface area (Å²) in [6.07, 6.45) is 2.90. The molecule has 88 valence electrons. The summed E-state index contributed by atoms with van der Waals surface area (Å²) in [5.41, 5.74) is 2.49. The van der Waals surface area contributed by atoms with Crippen molar-refractivity contribution >= 4 is 17.3 Å². The van der Waals surface area contributed by atoms with E-state index < -0.39 is 0 Å². The fourth-order valence-electron chi connectivity index (χ4n) is 1.97. The monoisotopic (exact) mass is 238 g/mol. The van der Waals surface area contributed by atoms with Crippen LogP contribution >= 0.6 is 12.2 Å². The second-order valence-electron chi connectivity index (χ2n) is 4.52. The first kappa shape index (κ1) is 11.4. The van der Waals surface area contributed by atoms with Crippen LogP contribution in [0.1, 0.15) is 25.2 Å². The van der Waals surface area contributed by atoms with E-state index in [0.717, 1.165) is 30.3 Å². The van der Waals surface area contributed by atoms with Crippen molar-refractivity contribution in [1.29, 1.82) is 0 Å². The summed E-state index contributed by atoms with van der Waals surface area (Å²) in [5.74, 6) is 0. The molecule has 0 saturated heterocycles. The maximum Gasteiger partial charge on any atom is 0.169 e. The van der Waals surface area contributed by atoms with E-state index >= 15 is 0 Å². The molecule has 0 atom stereocenters. The molecule has 0 unspecified atom stereocenters. The minimum Gasteiger partial charge on any atom is -0.360 e. The first-order chi connectivity index (χ1) is 7.58. The van der Waals surface area contributed by atoms with Gasteiger partial charge in [0.15, 0.2) is 5.11 Å². The third-order valence-electron chi connectivity index (χ3n) is 2.80.